The number of Topliss-reactive ketones (excluding diaryl/α,β-unsaturated/α-hetero) is 1. The Morgan fingerprint density at radius 2 is 1.64 bits per heavy atom. The Bertz CT molecular complexity index is 689. The fourth-order valence-corrected chi connectivity index (χ4v) is 4.19. The highest BCUT2D eigenvalue weighted by Crippen LogP contribution is 2.50. The summed E-state index contributed by atoms with van der Waals surface area (Å²) >= 11 is 0. The van der Waals surface area contributed by atoms with Gasteiger partial charge in [-0.3, -0.25) is 14.4 Å². The standard InChI is InChI=1S/C18H17NO3/c1-10(20)13-3-2-4-14(9-13)19-17(21)15-11-5-6-12(8-7-11)16(15)18(19)22/h2-6,9,11-12,15-16H,7-8H2,1H3/t11-,12-,15+,16+/m1/s1. The lowest BCUT2D eigenvalue weighted by Crippen LogP contribution is -2.38. The Labute approximate surface area is 128 Å². The summed E-state index contributed by atoms with van der Waals surface area (Å²) < 4.78 is 0. The Morgan fingerprint density at radius 1 is 1.05 bits per heavy atom. The zero-order chi connectivity index (χ0) is 15.4. The molecule has 0 spiro atoms. The SMILES string of the molecule is CC(=O)c1cccc(N2C(=O)[C@@H]3[C@@H](C2=O)[C@@H]2C=C[C@@H]3CC2)c1. The average Bonchev–Trinajstić information content (AvgIpc) is 2.82. The van der Waals surface area contributed by atoms with Crippen LogP contribution in [0.3, 0.4) is 0 Å². The maximum atomic E-state index is 12.8. The molecule has 4 heteroatoms. The van der Waals surface area contributed by atoms with Crippen molar-refractivity contribution >= 4 is 23.3 Å². The van der Waals surface area contributed by atoms with Gasteiger partial charge in [0.05, 0.1) is 17.5 Å². The minimum atomic E-state index is -0.211. The molecule has 2 bridgehead atoms. The molecule has 2 fully saturated rings. The number of carbonyl (C=O) groups is 3. The summed E-state index contributed by atoms with van der Waals surface area (Å²) in [6, 6.07) is 6.80. The molecular formula is C18H17NO3. The van der Waals surface area contributed by atoms with Crippen LogP contribution in [0.25, 0.3) is 0 Å². The molecule has 1 saturated heterocycles. The minimum Gasteiger partial charge on any atom is -0.295 e. The van der Waals surface area contributed by atoms with Crippen molar-refractivity contribution in [2.75, 3.05) is 4.90 Å². The van der Waals surface area contributed by atoms with Gasteiger partial charge in [0, 0.05) is 5.56 Å². The van der Waals surface area contributed by atoms with E-state index in [9.17, 15) is 14.4 Å². The number of carbonyl (C=O) groups excluding carboxylic acids is 3. The number of amides is 2. The van der Waals surface area contributed by atoms with Gasteiger partial charge < -0.3 is 0 Å². The van der Waals surface area contributed by atoms with Crippen molar-refractivity contribution < 1.29 is 14.4 Å². The first-order valence-corrected chi connectivity index (χ1v) is 7.75. The van der Waals surface area contributed by atoms with E-state index in [1.165, 1.54) is 11.8 Å². The molecule has 4 nitrogen and oxygen atoms in total. The molecule has 0 N–H and O–H groups in total. The van der Waals surface area contributed by atoms with E-state index in [2.05, 4.69) is 12.2 Å². The highest BCUT2D eigenvalue weighted by atomic mass is 16.2. The number of hydrogen-bond donors (Lipinski definition) is 0. The first-order chi connectivity index (χ1) is 10.6. The van der Waals surface area contributed by atoms with Crippen molar-refractivity contribution in [2.45, 2.75) is 19.8 Å². The van der Waals surface area contributed by atoms with Crippen LogP contribution in [0.4, 0.5) is 5.69 Å². The Morgan fingerprint density at radius 3 is 2.14 bits per heavy atom. The quantitative estimate of drug-likeness (QED) is 0.479. The van der Waals surface area contributed by atoms with Crippen molar-refractivity contribution in [1.29, 1.82) is 0 Å². The third-order valence-corrected chi connectivity index (χ3v) is 5.27. The van der Waals surface area contributed by atoms with E-state index < -0.39 is 0 Å². The van der Waals surface area contributed by atoms with Crippen LogP contribution >= 0.6 is 0 Å². The van der Waals surface area contributed by atoms with Gasteiger partial charge in [-0.15, -0.1) is 0 Å². The van der Waals surface area contributed by atoms with Gasteiger partial charge >= 0.3 is 0 Å². The van der Waals surface area contributed by atoms with Crippen LogP contribution in [0.1, 0.15) is 30.1 Å². The summed E-state index contributed by atoms with van der Waals surface area (Å²) in [4.78, 5) is 38.5. The summed E-state index contributed by atoms with van der Waals surface area (Å²) in [5.41, 5.74) is 1.05. The number of anilines is 1. The molecule has 3 aliphatic carbocycles. The van der Waals surface area contributed by atoms with Gasteiger partial charge in [0.25, 0.3) is 0 Å². The van der Waals surface area contributed by atoms with E-state index >= 15 is 0 Å². The molecule has 0 aromatic heterocycles. The number of allylic oxidation sites excluding steroid dienone is 2. The number of rotatable bonds is 2. The second kappa shape index (κ2) is 4.63. The number of nitrogens with zero attached hydrogens (tertiary/aromatic N) is 1. The average molecular weight is 295 g/mol. The first kappa shape index (κ1) is 13.4. The summed E-state index contributed by atoms with van der Waals surface area (Å²) in [6.07, 6.45) is 6.19. The summed E-state index contributed by atoms with van der Waals surface area (Å²) in [7, 11) is 0. The van der Waals surface area contributed by atoms with E-state index in [-0.39, 0.29) is 41.3 Å². The third-order valence-electron chi connectivity index (χ3n) is 5.27. The van der Waals surface area contributed by atoms with Crippen LogP contribution in [0, 0.1) is 23.7 Å². The highest BCUT2D eigenvalue weighted by Gasteiger charge is 2.56. The van der Waals surface area contributed by atoms with E-state index in [4.69, 9.17) is 0 Å². The molecule has 1 aliphatic heterocycles. The number of imide groups is 1. The maximum absolute atomic E-state index is 12.8. The lowest BCUT2D eigenvalue weighted by Gasteiger charge is -2.38. The second-order valence-corrected chi connectivity index (χ2v) is 6.46. The predicted molar refractivity (Wildman–Crippen MR) is 81.3 cm³/mol. The van der Waals surface area contributed by atoms with Crippen LogP contribution in [0.5, 0.6) is 0 Å². The van der Waals surface area contributed by atoms with Crippen molar-refractivity contribution in [3.8, 4) is 0 Å². The molecule has 1 saturated carbocycles. The topological polar surface area (TPSA) is 54.5 Å². The molecule has 4 atom stereocenters. The monoisotopic (exact) mass is 295 g/mol. The molecule has 22 heavy (non-hydrogen) atoms. The molecule has 5 rings (SSSR count). The molecule has 0 unspecified atom stereocenters. The molecule has 1 heterocycles. The number of hydrogen-bond acceptors (Lipinski definition) is 3. The first-order valence-electron chi connectivity index (χ1n) is 7.75. The number of fused-ring (bicyclic) bond motifs is 1. The van der Waals surface area contributed by atoms with Crippen LogP contribution in [-0.4, -0.2) is 17.6 Å². The third kappa shape index (κ3) is 1.73. The van der Waals surface area contributed by atoms with Gasteiger partial charge in [0.2, 0.25) is 11.8 Å². The van der Waals surface area contributed by atoms with Crippen molar-refractivity contribution in [3.05, 3.63) is 42.0 Å². The summed E-state index contributed by atoms with van der Waals surface area (Å²) in [5, 5.41) is 0. The number of ketones is 1. The van der Waals surface area contributed by atoms with Crippen molar-refractivity contribution in [2.24, 2.45) is 23.7 Å². The molecule has 1 aromatic carbocycles. The van der Waals surface area contributed by atoms with E-state index in [1.54, 1.807) is 24.3 Å². The van der Waals surface area contributed by atoms with Gasteiger partial charge in [-0.2, -0.15) is 0 Å². The fourth-order valence-electron chi connectivity index (χ4n) is 4.19. The minimum absolute atomic E-state index is 0.0694. The summed E-state index contributed by atoms with van der Waals surface area (Å²) in [5.74, 6) is -0.320. The zero-order valence-corrected chi connectivity index (χ0v) is 12.4. The van der Waals surface area contributed by atoms with Gasteiger partial charge in [0.1, 0.15) is 0 Å². The van der Waals surface area contributed by atoms with Crippen LogP contribution in [0.15, 0.2) is 36.4 Å². The van der Waals surface area contributed by atoms with Crippen LogP contribution in [-0.2, 0) is 9.59 Å². The second-order valence-electron chi connectivity index (χ2n) is 6.46. The predicted octanol–water partition coefficient (Wildman–Crippen LogP) is 2.59. The molecule has 112 valence electrons. The maximum Gasteiger partial charge on any atom is 0.238 e. The van der Waals surface area contributed by atoms with E-state index in [0.717, 1.165) is 12.8 Å². The highest BCUT2D eigenvalue weighted by molar-refractivity contribution is 6.22. The largest absolute Gasteiger partial charge is 0.295 e. The molecule has 4 aliphatic rings. The van der Waals surface area contributed by atoms with E-state index in [0.29, 0.717) is 11.3 Å². The van der Waals surface area contributed by atoms with Crippen molar-refractivity contribution in [3.63, 3.8) is 0 Å². The van der Waals surface area contributed by atoms with Gasteiger partial charge in [-0.1, -0.05) is 24.3 Å². The van der Waals surface area contributed by atoms with Crippen LogP contribution in [0.2, 0.25) is 0 Å². The van der Waals surface area contributed by atoms with Crippen LogP contribution < -0.4 is 4.90 Å². The smallest absolute Gasteiger partial charge is 0.238 e. The normalized spacial score (nSPS) is 32.5. The van der Waals surface area contributed by atoms with Gasteiger partial charge in [-0.05, 0) is 43.7 Å². The van der Waals surface area contributed by atoms with Crippen molar-refractivity contribution in [1.82, 2.24) is 0 Å². The lowest BCUT2D eigenvalue weighted by atomic mass is 9.63. The Hall–Kier alpha value is -2.23. The molecule has 2 amide bonds. The zero-order valence-electron chi connectivity index (χ0n) is 12.4. The molecule has 0 radical (unpaired) electrons. The fraction of sp³-hybridized carbons (Fsp3) is 0.389. The Kier molecular flexibility index (Phi) is 2.83. The van der Waals surface area contributed by atoms with E-state index in [1.807, 2.05) is 0 Å². The number of benzene rings is 1. The lowest BCUT2D eigenvalue weighted by molar-refractivity contribution is -0.124. The molecular weight excluding hydrogens is 278 g/mol. The van der Waals surface area contributed by atoms with Gasteiger partial charge in [-0.25, -0.2) is 4.90 Å². The Balaban J connectivity index is 1.75. The summed E-state index contributed by atoms with van der Waals surface area (Å²) in [6.45, 7) is 1.48. The van der Waals surface area contributed by atoms with Gasteiger partial charge in [0.15, 0.2) is 5.78 Å². The molecule has 1 aromatic rings.